The summed E-state index contributed by atoms with van der Waals surface area (Å²) in [5.74, 6) is 4.64. The highest BCUT2D eigenvalue weighted by atomic mass is 16.6. The van der Waals surface area contributed by atoms with Crippen LogP contribution in [0.4, 0.5) is 0 Å². The normalized spacial score (nSPS) is 10.0. The van der Waals surface area contributed by atoms with E-state index in [2.05, 4.69) is 4.84 Å². The molecule has 0 unspecified atom stereocenters. The lowest BCUT2D eigenvalue weighted by Gasteiger charge is -2.03. The van der Waals surface area contributed by atoms with E-state index >= 15 is 0 Å². The molecule has 1 aromatic rings. The van der Waals surface area contributed by atoms with Crippen LogP contribution >= 0.6 is 0 Å². The molecule has 0 amide bonds. The minimum atomic E-state index is -0.294. The van der Waals surface area contributed by atoms with Crippen LogP contribution in [0.5, 0.6) is 0 Å². The van der Waals surface area contributed by atoms with Gasteiger partial charge in [-0.2, -0.15) is 0 Å². The zero-order valence-corrected chi connectivity index (χ0v) is 8.73. The van der Waals surface area contributed by atoms with E-state index in [1.807, 2.05) is 6.92 Å². The largest absolute Gasteiger partial charge is 0.462 e. The second-order valence-corrected chi connectivity index (χ2v) is 3.14. The van der Waals surface area contributed by atoms with Gasteiger partial charge in [0, 0.05) is 0 Å². The van der Waals surface area contributed by atoms with Crippen molar-refractivity contribution >= 4 is 5.97 Å². The van der Waals surface area contributed by atoms with Gasteiger partial charge in [-0.15, -0.1) is 0 Å². The number of carbonyl (C=O) groups excluding carboxylic acids is 1. The Bertz CT molecular complexity index is 308. The van der Waals surface area contributed by atoms with Gasteiger partial charge in [-0.25, -0.2) is 10.7 Å². The number of rotatable bonds is 5. The Morgan fingerprint density at radius 3 is 2.53 bits per heavy atom. The van der Waals surface area contributed by atoms with Gasteiger partial charge < -0.3 is 4.74 Å². The predicted octanol–water partition coefficient (Wildman–Crippen LogP) is 1.64. The molecule has 0 bridgehead atoms. The molecule has 1 rings (SSSR count). The third-order valence-corrected chi connectivity index (χ3v) is 1.88. The van der Waals surface area contributed by atoms with Crippen molar-refractivity contribution in [2.24, 2.45) is 5.90 Å². The number of ether oxygens (including phenoxy) is 1. The standard InChI is InChI=1S/C11H15NO3/c1-2-7-14-11(13)10-5-3-9(4-6-10)8-15-12/h3-6H,2,7-8,12H2,1H3. The molecule has 0 saturated carbocycles. The van der Waals surface area contributed by atoms with Gasteiger partial charge in [0.25, 0.3) is 0 Å². The van der Waals surface area contributed by atoms with Crippen molar-refractivity contribution in [1.29, 1.82) is 0 Å². The minimum absolute atomic E-state index is 0.294. The van der Waals surface area contributed by atoms with E-state index in [9.17, 15) is 4.79 Å². The van der Waals surface area contributed by atoms with Crippen LogP contribution in [0.2, 0.25) is 0 Å². The quantitative estimate of drug-likeness (QED) is 0.591. The lowest BCUT2D eigenvalue weighted by molar-refractivity contribution is 0.0505. The summed E-state index contributed by atoms with van der Waals surface area (Å²) in [5.41, 5.74) is 1.47. The smallest absolute Gasteiger partial charge is 0.338 e. The Balaban J connectivity index is 2.58. The van der Waals surface area contributed by atoms with E-state index in [1.54, 1.807) is 24.3 Å². The van der Waals surface area contributed by atoms with Crippen molar-refractivity contribution in [2.45, 2.75) is 20.0 Å². The summed E-state index contributed by atoms with van der Waals surface area (Å²) in [4.78, 5) is 15.9. The fraction of sp³-hybridized carbons (Fsp3) is 0.364. The molecule has 0 aromatic heterocycles. The summed E-state index contributed by atoms with van der Waals surface area (Å²) in [6.45, 7) is 2.74. The molecule has 1 aromatic carbocycles. The van der Waals surface area contributed by atoms with Gasteiger partial charge in [-0.05, 0) is 24.1 Å². The average Bonchev–Trinajstić information content (AvgIpc) is 2.27. The summed E-state index contributed by atoms with van der Waals surface area (Å²) >= 11 is 0. The van der Waals surface area contributed by atoms with Crippen LogP contribution in [0.15, 0.2) is 24.3 Å². The van der Waals surface area contributed by atoms with Crippen molar-refractivity contribution < 1.29 is 14.4 Å². The molecule has 0 fully saturated rings. The van der Waals surface area contributed by atoms with Gasteiger partial charge in [0.15, 0.2) is 0 Å². The maximum atomic E-state index is 11.4. The third kappa shape index (κ3) is 3.69. The fourth-order valence-electron chi connectivity index (χ4n) is 1.11. The van der Waals surface area contributed by atoms with Crippen molar-refractivity contribution in [2.75, 3.05) is 6.61 Å². The van der Waals surface area contributed by atoms with E-state index in [4.69, 9.17) is 10.6 Å². The second-order valence-electron chi connectivity index (χ2n) is 3.14. The molecule has 4 nitrogen and oxygen atoms in total. The van der Waals surface area contributed by atoms with Gasteiger partial charge in [-0.3, -0.25) is 4.84 Å². The zero-order valence-electron chi connectivity index (χ0n) is 8.73. The molecule has 0 spiro atoms. The second kappa shape index (κ2) is 6.16. The molecule has 15 heavy (non-hydrogen) atoms. The first kappa shape index (κ1) is 11.7. The van der Waals surface area contributed by atoms with Crippen molar-refractivity contribution in [3.63, 3.8) is 0 Å². The van der Waals surface area contributed by atoms with E-state index in [0.29, 0.717) is 18.8 Å². The summed E-state index contributed by atoms with van der Waals surface area (Å²) in [5, 5.41) is 0. The minimum Gasteiger partial charge on any atom is -0.462 e. The lowest BCUT2D eigenvalue weighted by atomic mass is 10.1. The number of nitrogens with two attached hydrogens (primary N) is 1. The average molecular weight is 209 g/mol. The van der Waals surface area contributed by atoms with Crippen molar-refractivity contribution in [3.05, 3.63) is 35.4 Å². The fourth-order valence-corrected chi connectivity index (χ4v) is 1.11. The van der Waals surface area contributed by atoms with E-state index in [1.165, 1.54) is 0 Å². The maximum absolute atomic E-state index is 11.4. The van der Waals surface area contributed by atoms with E-state index in [0.717, 1.165) is 12.0 Å². The molecule has 0 saturated heterocycles. The SMILES string of the molecule is CCCOC(=O)c1ccc(CON)cc1. The van der Waals surface area contributed by atoms with Gasteiger partial charge in [-0.1, -0.05) is 19.1 Å². The summed E-state index contributed by atoms with van der Waals surface area (Å²) < 4.78 is 4.98. The molecule has 0 atom stereocenters. The Hall–Kier alpha value is -1.39. The molecule has 4 heteroatoms. The topological polar surface area (TPSA) is 61.5 Å². The molecule has 82 valence electrons. The monoisotopic (exact) mass is 209 g/mol. The maximum Gasteiger partial charge on any atom is 0.338 e. The zero-order chi connectivity index (χ0) is 11.1. The molecular weight excluding hydrogens is 194 g/mol. The number of hydrogen-bond acceptors (Lipinski definition) is 4. The molecule has 2 N–H and O–H groups in total. The molecule has 0 aliphatic carbocycles. The van der Waals surface area contributed by atoms with Crippen LogP contribution in [-0.4, -0.2) is 12.6 Å². The summed E-state index contributed by atoms with van der Waals surface area (Å²) in [6, 6.07) is 6.98. The van der Waals surface area contributed by atoms with Crippen LogP contribution in [0.1, 0.15) is 29.3 Å². The Labute approximate surface area is 88.9 Å². The van der Waals surface area contributed by atoms with Crippen LogP contribution < -0.4 is 5.90 Å². The van der Waals surface area contributed by atoms with Gasteiger partial charge >= 0.3 is 5.97 Å². The summed E-state index contributed by atoms with van der Waals surface area (Å²) in [7, 11) is 0. The first-order valence-corrected chi connectivity index (χ1v) is 4.85. The van der Waals surface area contributed by atoms with Crippen LogP contribution in [0.3, 0.4) is 0 Å². The van der Waals surface area contributed by atoms with E-state index < -0.39 is 0 Å². The molecular formula is C11H15NO3. The Morgan fingerprint density at radius 2 is 2.00 bits per heavy atom. The predicted molar refractivity (Wildman–Crippen MR) is 56.0 cm³/mol. The highest BCUT2D eigenvalue weighted by Crippen LogP contribution is 2.06. The number of esters is 1. The van der Waals surface area contributed by atoms with Crippen LogP contribution in [0, 0.1) is 0 Å². The molecule has 0 radical (unpaired) electrons. The highest BCUT2D eigenvalue weighted by Gasteiger charge is 2.05. The Morgan fingerprint density at radius 1 is 1.33 bits per heavy atom. The van der Waals surface area contributed by atoms with Crippen LogP contribution in [-0.2, 0) is 16.2 Å². The van der Waals surface area contributed by atoms with Gasteiger partial charge in [0.2, 0.25) is 0 Å². The first-order chi connectivity index (χ1) is 7.27. The van der Waals surface area contributed by atoms with E-state index in [-0.39, 0.29) is 5.97 Å². The van der Waals surface area contributed by atoms with Crippen molar-refractivity contribution in [3.8, 4) is 0 Å². The summed E-state index contributed by atoms with van der Waals surface area (Å²) in [6.07, 6.45) is 0.824. The molecule has 0 aliphatic heterocycles. The number of hydrogen-bond donors (Lipinski definition) is 1. The highest BCUT2D eigenvalue weighted by molar-refractivity contribution is 5.89. The van der Waals surface area contributed by atoms with Gasteiger partial charge in [0.1, 0.15) is 0 Å². The first-order valence-electron chi connectivity index (χ1n) is 4.85. The van der Waals surface area contributed by atoms with Gasteiger partial charge in [0.05, 0.1) is 18.8 Å². The lowest BCUT2D eigenvalue weighted by Crippen LogP contribution is -2.06. The Kier molecular flexibility index (Phi) is 4.80. The number of carbonyl (C=O) groups is 1. The molecule has 0 heterocycles. The number of benzene rings is 1. The molecule has 0 aliphatic rings. The third-order valence-electron chi connectivity index (χ3n) is 1.88. The van der Waals surface area contributed by atoms with Crippen molar-refractivity contribution in [1.82, 2.24) is 0 Å². The van der Waals surface area contributed by atoms with Crippen LogP contribution in [0.25, 0.3) is 0 Å².